The molecule has 3 heterocycles. The number of aryl methyl sites for hydroxylation is 1. The molecule has 1 N–H and O–H groups in total. The van der Waals surface area contributed by atoms with E-state index in [1.54, 1.807) is 11.3 Å². The molecule has 124 valence electrons. The molecule has 1 amide bonds. The van der Waals surface area contributed by atoms with Gasteiger partial charge in [0, 0.05) is 43.9 Å². The van der Waals surface area contributed by atoms with Crippen LogP contribution >= 0.6 is 11.3 Å². The summed E-state index contributed by atoms with van der Waals surface area (Å²) in [6.45, 7) is 4.65. The van der Waals surface area contributed by atoms with Gasteiger partial charge in [-0.15, -0.1) is 11.3 Å². The Bertz CT molecular complexity index is 640. The Balaban J connectivity index is 1.31. The van der Waals surface area contributed by atoms with Gasteiger partial charge in [0.25, 0.3) is 5.91 Å². The second-order valence-corrected chi connectivity index (χ2v) is 7.97. The summed E-state index contributed by atoms with van der Waals surface area (Å²) in [6.07, 6.45) is 4.93. The van der Waals surface area contributed by atoms with E-state index in [2.05, 4.69) is 25.7 Å². The molecule has 1 spiro atoms. The van der Waals surface area contributed by atoms with Crippen molar-refractivity contribution in [3.63, 3.8) is 0 Å². The zero-order valence-corrected chi connectivity index (χ0v) is 14.2. The number of nitrogens with zero attached hydrogens (tertiary/aromatic N) is 3. The van der Waals surface area contributed by atoms with Crippen molar-refractivity contribution in [3.8, 4) is 0 Å². The number of thiazole rings is 1. The Kier molecular flexibility index (Phi) is 3.85. The van der Waals surface area contributed by atoms with Crippen molar-refractivity contribution in [1.82, 2.24) is 15.2 Å². The van der Waals surface area contributed by atoms with E-state index in [0.29, 0.717) is 18.2 Å². The normalized spacial score (nSPS) is 27.8. The second kappa shape index (κ2) is 5.87. The van der Waals surface area contributed by atoms with Crippen LogP contribution in [0, 0.1) is 6.92 Å². The lowest BCUT2D eigenvalue weighted by atomic mass is 9.92. The molecular formula is C16H22N4O2S. The third-order valence-electron chi connectivity index (χ3n) is 4.99. The molecule has 1 aromatic heterocycles. The molecule has 2 aliphatic heterocycles. The first kappa shape index (κ1) is 15.1. The van der Waals surface area contributed by atoms with Gasteiger partial charge in [-0.05, 0) is 26.2 Å². The average Bonchev–Trinajstić information content (AvgIpc) is 3.18. The summed E-state index contributed by atoms with van der Waals surface area (Å²) in [6, 6.07) is 0.342. The standard InChI is InChI=1S/C16H22N4O2S/c1-11-17-13(9-23-11)8-20-6-5-16(10-20)7-14(19-22-16)15(21)18-12-3-2-4-12/h9,12H,2-8,10H2,1H3,(H,18,21)/t16-/m1/s1. The monoisotopic (exact) mass is 334 g/mol. The molecule has 1 aromatic rings. The minimum Gasteiger partial charge on any atom is -0.387 e. The largest absolute Gasteiger partial charge is 0.387 e. The van der Waals surface area contributed by atoms with Crippen molar-refractivity contribution in [2.45, 2.75) is 57.2 Å². The molecule has 1 atom stereocenters. The molecule has 2 fully saturated rings. The summed E-state index contributed by atoms with van der Waals surface area (Å²) >= 11 is 1.68. The van der Waals surface area contributed by atoms with Crippen LogP contribution in [-0.2, 0) is 16.2 Å². The highest BCUT2D eigenvalue weighted by molar-refractivity contribution is 7.09. The maximum atomic E-state index is 12.2. The minimum absolute atomic E-state index is 0.0415. The molecule has 23 heavy (non-hydrogen) atoms. The molecular weight excluding hydrogens is 312 g/mol. The fourth-order valence-corrected chi connectivity index (χ4v) is 4.06. The molecule has 0 bridgehead atoms. The van der Waals surface area contributed by atoms with Crippen molar-refractivity contribution in [2.75, 3.05) is 13.1 Å². The number of hydrogen-bond donors (Lipinski definition) is 1. The van der Waals surface area contributed by atoms with E-state index in [1.165, 1.54) is 6.42 Å². The number of nitrogens with one attached hydrogen (secondary N) is 1. The van der Waals surface area contributed by atoms with E-state index >= 15 is 0 Å². The van der Waals surface area contributed by atoms with Gasteiger partial charge in [0.1, 0.15) is 5.71 Å². The van der Waals surface area contributed by atoms with Gasteiger partial charge in [0.15, 0.2) is 5.60 Å². The quantitative estimate of drug-likeness (QED) is 0.912. The van der Waals surface area contributed by atoms with Crippen LogP contribution in [0.3, 0.4) is 0 Å². The predicted octanol–water partition coefficient (Wildman–Crippen LogP) is 1.84. The molecule has 7 heteroatoms. The molecule has 0 aromatic carbocycles. The van der Waals surface area contributed by atoms with Crippen molar-refractivity contribution >= 4 is 23.0 Å². The Hall–Kier alpha value is -1.47. The second-order valence-electron chi connectivity index (χ2n) is 6.91. The van der Waals surface area contributed by atoms with E-state index < -0.39 is 0 Å². The number of likely N-dealkylation sites (tertiary alicyclic amines) is 1. The molecule has 0 radical (unpaired) electrons. The summed E-state index contributed by atoms with van der Waals surface area (Å²) < 4.78 is 0. The lowest BCUT2D eigenvalue weighted by molar-refractivity contribution is -0.116. The Morgan fingerprint density at radius 1 is 1.57 bits per heavy atom. The smallest absolute Gasteiger partial charge is 0.269 e. The van der Waals surface area contributed by atoms with E-state index in [4.69, 9.17) is 4.84 Å². The maximum Gasteiger partial charge on any atom is 0.269 e. The number of hydrogen-bond acceptors (Lipinski definition) is 6. The number of aromatic nitrogens is 1. The van der Waals surface area contributed by atoms with Crippen LogP contribution < -0.4 is 5.32 Å². The summed E-state index contributed by atoms with van der Waals surface area (Å²) in [5, 5.41) is 10.4. The Labute approximate surface area is 139 Å². The fraction of sp³-hybridized carbons (Fsp3) is 0.688. The van der Waals surface area contributed by atoms with Crippen molar-refractivity contribution < 1.29 is 9.63 Å². The van der Waals surface area contributed by atoms with E-state index in [0.717, 1.165) is 49.6 Å². The van der Waals surface area contributed by atoms with Gasteiger partial charge in [-0.1, -0.05) is 5.16 Å². The zero-order valence-electron chi connectivity index (χ0n) is 13.4. The molecule has 1 saturated heterocycles. The SMILES string of the molecule is Cc1nc(CN2CC[C@@]3(CC(C(=O)NC4CCC4)=NO3)C2)cs1. The first-order chi connectivity index (χ1) is 11.1. The number of oxime groups is 1. The molecule has 1 saturated carbocycles. The Morgan fingerprint density at radius 2 is 2.43 bits per heavy atom. The lowest BCUT2D eigenvalue weighted by Gasteiger charge is -2.26. The van der Waals surface area contributed by atoms with Crippen LogP contribution in [0.15, 0.2) is 10.5 Å². The fourth-order valence-electron chi connectivity index (χ4n) is 3.46. The van der Waals surface area contributed by atoms with Crippen molar-refractivity contribution in [1.29, 1.82) is 0 Å². The van der Waals surface area contributed by atoms with Gasteiger partial charge < -0.3 is 10.2 Å². The van der Waals surface area contributed by atoms with Crippen molar-refractivity contribution in [2.24, 2.45) is 5.16 Å². The molecule has 3 aliphatic rings. The van der Waals surface area contributed by atoms with Gasteiger partial charge in [-0.25, -0.2) is 4.98 Å². The predicted molar refractivity (Wildman–Crippen MR) is 88.4 cm³/mol. The van der Waals surface area contributed by atoms with Crippen LogP contribution in [0.2, 0.25) is 0 Å². The van der Waals surface area contributed by atoms with E-state index in [-0.39, 0.29) is 11.5 Å². The highest BCUT2D eigenvalue weighted by Crippen LogP contribution is 2.34. The first-order valence-electron chi connectivity index (χ1n) is 8.31. The number of carbonyl (C=O) groups excluding carboxylic acids is 1. The Morgan fingerprint density at radius 3 is 3.13 bits per heavy atom. The van der Waals surface area contributed by atoms with E-state index in [9.17, 15) is 4.79 Å². The maximum absolute atomic E-state index is 12.2. The topological polar surface area (TPSA) is 66.8 Å². The number of carbonyl (C=O) groups is 1. The van der Waals surface area contributed by atoms with Crippen molar-refractivity contribution in [3.05, 3.63) is 16.1 Å². The molecule has 4 rings (SSSR count). The van der Waals surface area contributed by atoms with E-state index in [1.807, 2.05) is 6.92 Å². The molecule has 0 unspecified atom stereocenters. The first-order valence-corrected chi connectivity index (χ1v) is 9.19. The highest BCUT2D eigenvalue weighted by Gasteiger charge is 2.46. The average molecular weight is 334 g/mol. The van der Waals surface area contributed by atoms with Crippen LogP contribution in [0.4, 0.5) is 0 Å². The molecule has 1 aliphatic carbocycles. The molecule has 6 nitrogen and oxygen atoms in total. The van der Waals surface area contributed by atoms with Crippen LogP contribution in [-0.4, -0.2) is 46.2 Å². The third kappa shape index (κ3) is 3.12. The zero-order chi connectivity index (χ0) is 15.9. The summed E-state index contributed by atoms with van der Waals surface area (Å²) in [5.41, 5.74) is 1.37. The lowest BCUT2D eigenvalue weighted by Crippen LogP contribution is -2.43. The third-order valence-corrected chi connectivity index (χ3v) is 5.81. The van der Waals surface area contributed by atoms with Gasteiger partial charge in [0.05, 0.1) is 10.7 Å². The highest BCUT2D eigenvalue weighted by atomic mass is 32.1. The summed E-state index contributed by atoms with van der Waals surface area (Å²) in [5.74, 6) is -0.0415. The number of amides is 1. The summed E-state index contributed by atoms with van der Waals surface area (Å²) in [7, 11) is 0. The van der Waals surface area contributed by atoms with Crippen LogP contribution in [0.25, 0.3) is 0 Å². The van der Waals surface area contributed by atoms with Crippen LogP contribution in [0.5, 0.6) is 0 Å². The van der Waals surface area contributed by atoms with Gasteiger partial charge >= 0.3 is 0 Å². The summed E-state index contributed by atoms with van der Waals surface area (Å²) in [4.78, 5) is 24.8. The van der Waals surface area contributed by atoms with Gasteiger partial charge in [-0.2, -0.15) is 0 Å². The van der Waals surface area contributed by atoms with Crippen LogP contribution in [0.1, 0.15) is 42.8 Å². The minimum atomic E-state index is -0.308. The van der Waals surface area contributed by atoms with Gasteiger partial charge in [-0.3, -0.25) is 9.69 Å². The van der Waals surface area contributed by atoms with Gasteiger partial charge in [0.2, 0.25) is 0 Å². The number of rotatable bonds is 4.